The predicted octanol–water partition coefficient (Wildman–Crippen LogP) is 13.6. The Balaban J connectivity index is 2.68. The monoisotopic (exact) mass is 970 g/mol. The second-order valence-electron chi connectivity index (χ2n) is 18.8. The van der Waals surface area contributed by atoms with Gasteiger partial charge in [0.2, 0.25) is 0 Å². The number of allylic oxidation sites excluding steroid dienone is 6. The van der Waals surface area contributed by atoms with Gasteiger partial charge in [0.15, 0.2) is 0 Å². The Bertz CT molecular complexity index is 1480. The first-order valence-corrected chi connectivity index (χ1v) is 28.1. The number of nitrogens with zero attached hydrogens (tertiary/aromatic N) is 3. The third kappa shape index (κ3) is 35.7. The maximum absolute atomic E-state index is 13.5. The Hall–Kier alpha value is -3.96. The van der Waals surface area contributed by atoms with Crippen LogP contribution >= 0.6 is 0 Å². The topological polar surface area (TPSA) is 145 Å². The Morgan fingerprint density at radius 3 is 0.754 bits per heavy atom. The van der Waals surface area contributed by atoms with Gasteiger partial charge in [-0.1, -0.05) is 192 Å². The fourth-order valence-electron chi connectivity index (χ4n) is 8.21. The predicted molar refractivity (Wildman–Crippen MR) is 283 cm³/mol. The van der Waals surface area contributed by atoms with Crippen LogP contribution in [-0.2, 0) is 48.2 Å². The van der Waals surface area contributed by atoms with E-state index in [2.05, 4.69) is 57.2 Å². The third-order valence-corrected chi connectivity index (χ3v) is 12.5. The van der Waals surface area contributed by atoms with Crippen molar-refractivity contribution in [3.63, 3.8) is 0 Å². The molecule has 69 heavy (non-hydrogen) atoms. The van der Waals surface area contributed by atoms with Crippen molar-refractivity contribution in [1.82, 2.24) is 13.7 Å². The molecule has 0 radical (unpaired) electrons. The van der Waals surface area contributed by atoms with E-state index >= 15 is 0 Å². The largest absolute Gasteiger partial charge is 0.464 e. The van der Waals surface area contributed by atoms with Crippen molar-refractivity contribution in [2.45, 2.75) is 272 Å². The Kier molecular flexibility index (Phi) is 42.4. The van der Waals surface area contributed by atoms with Gasteiger partial charge in [0.1, 0.15) is 19.8 Å². The molecule has 1 aromatic rings. The molecule has 0 amide bonds. The van der Waals surface area contributed by atoms with Crippen LogP contribution in [0, 0.1) is 0 Å². The molecule has 0 bridgehead atoms. The Morgan fingerprint density at radius 2 is 0.522 bits per heavy atom. The van der Waals surface area contributed by atoms with Gasteiger partial charge in [-0.3, -0.25) is 14.4 Å². The van der Waals surface area contributed by atoms with Crippen molar-refractivity contribution in [1.29, 1.82) is 0 Å². The smallest absolute Gasteiger partial charge is 0.336 e. The maximum atomic E-state index is 13.5. The van der Waals surface area contributed by atoms with Crippen molar-refractivity contribution in [3.05, 3.63) is 67.9 Å². The summed E-state index contributed by atoms with van der Waals surface area (Å²) < 4.78 is 18.7. The molecule has 0 aromatic carbocycles. The van der Waals surface area contributed by atoms with Gasteiger partial charge < -0.3 is 14.2 Å². The van der Waals surface area contributed by atoms with E-state index in [0.717, 1.165) is 52.2 Å². The molecular formula is C57H99N3O9. The van der Waals surface area contributed by atoms with Crippen molar-refractivity contribution < 1.29 is 28.6 Å². The van der Waals surface area contributed by atoms with Crippen LogP contribution in [0.3, 0.4) is 0 Å². The molecule has 1 heterocycles. The lowest BCUT2D eigenvalue weighted by atomic mass is 10.1. The molecule has 12 heteroatoms. The normalized spacial score (nSPS) is 11.7. The Labute approximate surface area is 418 Å². The summed E-state index contributed by atoms with van der Waals surface area (Å²) in [5.74, 6) is -1.32. The number of rotatable bonds is 48. The van der Waals surface area contributed by atoms with Gasteiger partial charge in [0, 0.05) is 19.3 Å². The first-order chi connectivity index (χ1) is 33.8. The molecule has 0 atom stereocenters. The summed E-state index contributed by atoms with van der Waals surface area (Å²) in [5, 5.41) is 0. The van der Waals surface area contributed by atoms with Crippen molar-refractivity contribution in [2.75, 3.05) is 19.8 Å². The zero-order valence-electron chi connectivity index (χ0n) is 44.2. The van der Waals surface area contributed by atoms with Crippen LogP contribution < -0.4 is 17.1 Å². The maximum Gasteiger partial charge on any atom is 0.336 e. The summed E-state index contributed by atoms with van der Waals surface area (Å²) in [4.78, 5) is 78.3. The molecule has 0 spiro atoms. The van der Waals surface area contributed by atoms with E-state index in [1.54, 1.807) is 0 Å². The minimum absolute atomic E-state index is 0.197. The highest BCUT2D eigenvalue weighted by Gasteiger charge is 2.17. The van der Waals surface area contributed by atoms with E-state index in [-0.39, 0.29) is 58.7 Å². The lowest BCUT2D eigenvalue weighted by Gasteiger charge is -2.14. The van der Waals surface area contributed by atoms with E-state index in [0.29, 0.717) is 19.3 Å². The highest BCUT2D eigenvalue weighted by Crippen LogP contribution is 2.13. The number of unbranched alkanes of at least 4 members (excludes halogenated alkanes) is 27. The van der Waals surface area contributed by atoms with Gasteiger partial charge in [-0.2, -0.15) is 0 Å². The summed E-state index contributed by atoms with van der Waals surface area (Å²) >= 11 is 0. The lowest BCUT2D eigenvalue weighted by molar-refractivity contribution is -0.144. The van der Waals surface area contributed by atoms with Crippen molar-refractivity contribution in [3.8, 4) is 0 Å². The average Bonchev–Trinajstić information content (AvgIpc) is 3.34. The SMILES string of the molecule is CCCCCCCCCC/C=C/CCCC(=O)OCCn1c(=O)n(CCOC(=O)CCC/C=C/CCCCCCCCCC)c(=O)n(CCOC(=O)CCC/C=C/CCCCCCCCCC)c1=O. The van der Waals surface area contributed by atoms with Crippen molar-refractivity contribution in [2.24, 2.45) is 0 Å². The highest BCUT2D eigenvalue weighted by molar-refractivity contribution is 5.69. The minimum atomic E-state index is -0.899. The van der Waals surface area contributed by atoms with Gasteiger partial charge in [-0.15, -0.1) is 0 Å². The molecule has 12 nitrogen and oxygen atoms in total. The molecule has 0 saturated carbocycles. The number of aromatic nitrogens is 3. The molecule has 0 saturated heterocycles. The van der Waals surface area contributed by atoms with Gasteiger partial charge in [0.25, 0.3) is 0 Å². The third-order valence-electron chi connectivity index (χ3n) is 12.5. The number of ether oxygens (including phenoxy) is 3. The minimum Gasteiger partial charge on any atom is -0.464 e. The summed E-state index contributed by atoms with van der Waals surface area (Å²) in [6.45, 7) is 5.14. The fraction of sp³-hybridized carbons (Fsp3) is 0.789. The summed E-state index contributed by atoms with van der Waals surface area (Å²) in [7, 11) is 0. The van der Waals surface area contributed by atoms with Crippen LogP contribution in [0.5, 0.6) is 0 Å². The van der Waals surface area contributed by atoms with Crippen LogP contribution in [0.4, 0.5) is 0 Å². The zero-order chi connectivity index (χ0) is 50.3. The van der Waals surface area contributed by atoms with E-state index in [4.69, 9.17) is 14.2 Å². The summed E-state index contributed by atoms with van der Waals surface area (Å²) in [5.41, 5.74) is -2.70. The molecule has 0 aliphatic rings. The highest BCUT2D eigenvalue weighted by atomic mass is 16.5. The Morgan fingerprint density at radius 1 is 0.319 bits per heavy atom. The molecule has 0 aliphatic heterocycles. The van der Waals surface area contributed by atoms with Gasteiger partial charge >= 0.3 is 35.0 Å². The summed E-state index contributed by atoms with van der Waals surface area (Å²) in [6.07, 6.45) is 51.4. The second kappa shape index (κ2) is 46.4. The van der Waals surface area contributed by atoms with Gasteiger partial charge in [-0.25, -0.2) is 28.1 Å². The van der Waals surface area contributed by atoms with Crippen LogP contribution in [0.1, 0.15) is 252 Å². The second-order valence-corrected chi connectivity index (χ2v) is 18.8. The van der Waals surface area contributed by atoms with Gasteiger partial charge in [-0.05, 0) is 77.0 Å². The first-order valence-electron chi connectivity index (χ1n) is 28.1. The van der Waals surface area contributed by atoms with E-state index in [1.807, 2.05) is 0 Å². The number of hydrogen-bond donors (Lipinski definition) is 0. The van der Waals surface area contributed by atoms with Crippen molar-refractivity contribution >= 4 is 17.9 Å². The number of carbonyl (C=O) groups is 3. The number of hydrogen-bond acceptors (Lipinski definition) is 9. The number of esters is 3. The van der Waals surface area contributed by atoms with Crippen LogP contribution in [-0.4, -0.2) is 51.4 Å². The molecule has 0 N–H and O–H groups in total. The van der Waals surface area contributed by atoms with Crippen LogP contribution in [0.25, 0.3) is 0 Å². The lowest BCUT2D eigenvalue weighted by Crippen LogP contribution is -2.55. The molecule has 0 fully saturated rings. The molecular weight excluding hydrogens is 871 g/mol. The molecule has 1 rings (SSSR count). The van der Waals surface area contributed by atoms with Crippen LogP contribution in [0.15, 0.2) is 50.8 Å². The molecule has 0 unspecified atom stereocenters. The van der Waals surface area contributed by atoms with E-state index in [9.17, 15) is 28.8 Å². The number of carbonyl (C=O) groups excluding carboxylic acids is 3. The van der Waals surface area contributed by atoms with Crippen LogP contribution in [0.2, 0.25) is 0 Å². The fourth-order valence-corrected chi connectivity index (χ4v) is 8.21. The zero-order valence-corrected chi connectivity index (χ0v) is 44.2. The van der Waals surface area contributed by atoms with Gasteiger partial charge in [0.05, 0.1) is 19.6 Å². The quantitative estimate of drug-likeness (QED) is 0.0270. The summed E-state index contributed by atoms with van der Waals surface area (Å²) in [6, 6.07) is 0. The first kappa shape index (κ1) is 63.1. The molecule has 396 valence electrons. The van der Waals surface area contributed by atoms with E-state index < -0.39 is 35.0 Å². The molecule has 0 aliphatic carbocycles. The standard InChI is InChI=1S/C57H99N3O9/c1-4-7-10-13-16-19-22-25-28-31-34-37-40-43-52(61)67-49-46-58-55(64)59(47-50-68-53(62)44-41-38-35-32-29-26-23-20-17-14-11-8-5-2)57(66)60(56(58)65)48-51-69-54(63)45-42-39-36-33-30-27-24-21-18-15-12-9-6-3/h31-36H,4-30,37-51H2,1-3H3/b34-31+,35-32+,36-33+. The molecule has 1 aromatic heterocycles. The van der Waals surface area contributed by atoms with E-state index in [1.165, 1.54) is 154 Å². The average molecular weight is 970 g/mol.